The van der Waals surface area contributed by atoms with Crippen LogP contribution in [0.1, 0.15) is 52.9 Å². The topological polar surface area (TPSA) is 40.6 Å². The van der Waals surface area contributed by atoms with Crippen LogP contribution in [0.3, 0.4) is 0 Å². The number of piperidine rings is 1. The van der Waals surface area contributed by atoms with Crippen molar-refractivity contribution in [2.75, 3.05) is 19.6 Å². The van der Waals surface area contributed by atoms with Crippen LogP contribution in [0.2, 0.25) is 0 Å². The van der Waals surface area contributed by atoms with E-state index in [2.05, 4.69) is 20.8 Å². The van der Waals surface area contributed by atoms with Crippen LogP contribution in [0.4, 0.5) is 0 Å². The van der Waals surface area contributed by atoms with E-state index < -0.39 is 0 Å². The lowest BCUT2D eigenvalue weighted by Gasteiger charge is -2.35. The highest BCUT2D eigenvalue weighted by Crippen LogP contribution is 2.25. The first kappa shape index (κ1) is 15.3. The van der Waals surface area contributed by atoms with Gasteiger partial charge in [0.25, 0.3) is 0 Å². The van der Waals surface area contributed by atoms with Gasteiger partial charge in [0.15, 0.2) is 0 Å². The molecule has 2 saturated heterocycles. The second-order valence-corrected chi connectivity index (χ2v) is 6.80. The number of hydrogen-bond donors (Lipinski definition) is 0. The molecule has 4 heteroatoms. The van der Waals surface area contributed by atoms with Crippen LogP contribution in [0, 0.1) is 11.8 Å². The molecule has 0 spiro atoms. The van der Waals surface area contributed by atoms with Crippen LogP contribution in [0.15, 0.2) is 0 Å². The van der Waals surface area contributed by atoms with Crippen molar-refractivity contribution in [3.8, 4) is 0 Å². The highest BCUT2D eigenvalue weighted by atomic mass is 16.2. The van der Waals surface area contributed by atoms with Crippen LogP contribution in [-0.4, -0.2) is 47.3 Å². The molecule has 2 amide bonds. The molecule has 0 aromatic heterocycles. The molecule has 0 aliphatic carbocycles. The Morgan fingerprint density at radius 3 is 2.75 bits per heavy atom. The van der Waals surface area contributed by atoms with Gasteiger partial charge in [-0.1, -0.05) is 13.8 Å². The zero-order valence-corrected chi connectivity index (χ0v) is 13.1. The van der Waals surface area contributed by atoms with E-state index in [9.17, 15) is 9.59 Å². The third-order valence-corrected chi connectivity index (χ3v) is 4.63. The van der Waals surface area contributed by atoms with Crippen molar-refractivity contribution in [1.29, 1.82) is 0 Å². The molecule has 2 aliphatic heterocycles. The van der Waals surface area contributed by atoms with Gasteiger partial charge in [-0.15, -0.1) is 0 Å². The number of nitrogens with zero attached hydrogens (tertiary/aromatic N) is 2. The molecule has 20 heavy (non-hydrogen) atoms. The molecule has 0 aromatic carbocycles. The van der Waals surface area contributed by atoms with E-state index >= 15 is 0 Å². The molecule has 0 radical (unpaired) electrons. The van der Waals surface area contributed by atoms with E-state index in [0.717, 1.165) is 32.4 Å². The van der Waals surface area contributed by atoms with Gasteiger partial charge in [0.05, 0.1) is 5.92 Å². The van der Waals surface area contributed by atoms with Crippen LogP contribution >= 0.6 is 0 Å². The molecular formula is C16H28N2O2. The van der Waals surface area contributed by atoms with Gasteiger partial charge >= 0.3 is 0 Å². The molecule has 2 heterocycles. The Morgan fingerprint density at radius 1 is 1.35 bits per heavy atom. The molecule has 2 rings (SSSR count). The molecule has 2 fully saturated rings. The summed E-state index contributed by atoms with van der Waals surface area (Å²) in [6.45, 7) is 8.77. The van der Waals surface area contributed by atoms with Gasteiger partial charge in [0, 0.05) is 32.1 Å². The highest BCUT2D eigenvalue weighted by molar-refractivity contribution is 5.89. The summed E-state index contributed by atoms with van der Waals surface area (Å²) in [7, 11) is 0. The van der Waals surface area contributed by atoms with Crippen molar-refractivity contribution < 1.29 is 9.59 Å². The van der Waals surface area contributed by atoms with E-state index in [1.807, 2.05) is 9.80 Å². The molecule has 2 aliphatic rings. The Kier molecular flexibility index (Phi) is 5.06. The Labute approximate surface area is 122 Å². The van der Waals surface area contributed by atoms with Crippen LogP contribution in [-0.2, 0) is 9.59 Å². The SMILES string of the molecule is CC(C)CCN1CC(C(=O)N2CCCCC2C)CC1=O. The summed E-state index contributed by atoms with van der Waals surface area (Å²) in [4.78, 5) is 28.5. The van der Waals surface area contributed by atoms with Gasteiger partial charge in [0.1, 0.15) is 0 Å². The van der Waals surface area contributed by atoms with E-state index in [4.69, 9.17) is 0 Å². The highest BCUT2D eigenvalue weighted by Gasteiger charge is 2.37. The number of carbonyl (C=O) groups is 2. The molecule has 2 atom stereocenters. The largest absolute Gasteiger partial charge is 0.342 e. The van der Waals surface area contributed by atoms with Crippen molar-refractivity contribution in [2.24, 2.45) is 11.8 Å². The summed E-state index contributed by atoms with van der Waals surface area (Å²) in [6, 6.07) is 0.344. The second-order valence-electron chi connectivity index (χ2n) is 6.80. The number of hydrogen-bond acceptors (Lipinski definition) is 2. The fraction of sp³-hybridized carbons (Fsp3) is 0.875. The van der Waals surface area contributed by atoms with Gasteiger partial charge in [0.2, 0.25) is 11.8 Å². The fourth-order valence-electron chi connectivity index (χ4n) is 3.23. The maximum Gasteiger partial charge on any atom is 0.228 e. The monoisotopic (exact) mass is 280 g/mol. The molecule has 114 valence electrons. The molecule has 0 saturated carbocycles. The average Bonchev–Trinajstić information content (AvgIpc) is 2.77. The first-order valence-electron chi connectivity index (χ1n) is 8.07. The van der Waals surface area contributed by atoms with Crippen molar-refractivity contribution >= 4 is 11.8 Å². The minimum absolute atomic E-state index is 0.102. The van der Waals surface area contributed by atoms with Gasteiger partial charge in [-0.25, -0.2) is 0 Å². The minimum atomic E-state index is -0.102. The minimum Gasteiger partial charge on any atom is -0.342 e. The van der Waals surface area contributed by atoms with Gasteiger partial charge in [-0.2, -0.15) is 0 Å². The molecule has 0 N–H and O–H groups in total. The molecule has 4 nitrogen and oxygen atoms in total. The zero-order chi connectivity index (χ0) is 14.7. The van der Waals surface area contributed by atoms with E-state index in [1.54, 1.807) is 0 Å². The number of carbonyl (C=O) groups excluding carboxylic acids is 2. The summed E-state index contributed by atoms with van der Waals surface area (Å²) >= 11 is 0. The normalized spacial score (nSPS) is 27.5. The third-order valence-electron chi connectivity index (χ3n) is 4.63. The Morgan fingerprint density at radius 2 is 2.10 bits per heavy atom. The summed E-state index contributed by atoms with van der Waals surface area (Å²) in [5.74, 6) is 0.862. The first-order valence-corrected chi connectivity index (χ1v) is 8.07. The molecular weight excluding hydrogens is 252 g/mol. The predicted molar refractivity (Wildman–Crippen MR) is 79.2 cm³/mol. The van der Waals surface area contributed by atoms with Crippen LogP contribution in [0.25, 0.3) is 0 Å². The lowest BCUT2D eigenvalue weighted by molar-refractivity contribution is -0.139. The predicted octanol–water partition coefficient (Wildman–Crippen LogP) is 2.28. The van der Waals surface area contributed by atoms with Gasteiger partial charge in [-0.05, 0) is 38.5 Å². The average molecular weight is 280 g/mol. The van der Waals surface area contributed by atoms with Crippen molar-refractivity contribution in [2.45, 2.75) is 58.9 Å². The molecule has 2 unspecified atom stereocenters. The summed E-state index contributed by atoms with van der Waals surface area (Å²) < 4.78 is 0. The number of likely N-dealkylation sites (tertiary alicyclic amines) is 2. The van der Waals surface area contributed by atoms with Crippen molar-refractivity contribution in [1.82, 2.24) is 9.80 Å². The summed E-state index contributed by atoms with van der Waals surface area (Å²) in [5, 5.41) is 0. The lowest BCUT2D eigenvalue weighted by Crippen LogP contribution is -2.45. The smallest absolute Gasteiger partial charge is 0.228 e. The molecule has 0 bridgehead atoms. The van der Waals surface area contributed by atoms with Crippen molar-refractivity contribution in [3.05, 3.63) is 0 Å². The Balaban J connectivity index is 1.90. The van der Waals surface area contributed by atoms with E-state index in [1.165, 1.54) is 6.42 Å². The maximum atomic E-state index is 12.6. The summed E-state index contributed by atoms with van der Waals surface area (Å²) in [5.41, 5.74) is 0. The standard InChI is InChI=1S/C16H28N2O2/c1-12(2)7-9-17-11-14(10-15(17)19)16(20)18-8-5-4-6-13(18)3/h12-14H,4-11H2,1-3H3. The summed E-state index contributed by atoms with van der Waals surface area (Å²) in [6.07, 6.45) is 4.86. The number of amides is 2. The van der Waals surface area contributed by atoms with Crippen LogP contribution < -0.4 is 0 Å². The zero-order valence-electron chi connectivity index (χ0n) is 13.1. The second kappa shape index (κ2) is 6.59. The molecule has 0 aromatic rings. The Hall–Kier alpha value is -1.06. The van der Waals surface area contributed by atoms with Crippen molar-refractivity contribution in [3.63, 3.8) is 0 Å². The number of rotatable bonds is 4. The first-order chi connectivity index (χ1) is 9.49. The van der Waals surface area contributed by atoms with Gasteiger partial charge < -0.3 is 9.80 Å². The van der Waals surface area contributed by atoms with Crippen LogP contribution in [0.5, 0.6) is 0 Å². The third kappa shape index (κ3) is 3.53. The maximum absolute atomic E-state index is 12.6. The van der Waals surface area contributed by atoms with Gasteiger partial charge in [-0.3, -0.25) is 9.59 Å². The van der Waals surface area contributed by atoms with E-state index in [-0.39, 0.29) is 17.7 Å². The Bertz CT molecular complexity index is 367. The quantitative estimate of drug-likeness (QED) is 0.792. The fourth-order valence-corrected chi connectivity index (χ4v) is 3.23. The van der Waals surface area contributed by atoms with E-state index in [0.29, 0.717) is 24.9 Å². The lowest BCUT2D eigenvalue weighted by atomic mass is 9.99.